The van der Waals surface area contributed by atoms with Crippen LogP contribution in [0.4, 0.5) is 9.18 Å². The van der Waals surface area contributed by atoms with Crippen molar-refractivity contribution < 1.29 is 28.6 Å². The summed E-state index contributed by atoms with van der Waals surface area (Å²) >= 11 is 4.70. The highest BCUT2D eigenvalue weighted by atomic mass is 79.9. The van der Waals surface area contributed by atoms with E-state index >= 15 is 4.39 Å². The molecule has 5 rings (SSSR count). The molecule has 11 heteroatoms. The van der Waals surface area contributed by atoms with Gasteiger partial charge in [0.05, 0.1) is 30.5 Å². The van der Waals surface area contributed by atoms with Crippen molar-refractivity contribution in [3.8, 4) is 0 Å². The van der Waals surface area contributed by atoms with E-state index in [0.717, 1.165) is 5.56 Å². The maximum atomic E-state index is 15.6. The van der Waals surface area contributed by atoms with Crippen molar-refractivity contribution in [1.29, 1.82) is 0 Å². The molecule has 2 atom stereocenters. The summed E-state index contributed by atoms with van der Waals surface area (Å²) in [6.07, 6.45) is 0.790. The number of thioether (sulfide) groups is 1. The van der Waals surface area contributed by atoms with Crippen LogP contribution in [0.15, 0.2) is 9.63 Å². The molecular weight excluding hydrogens is 517 g/mol. The molecule has 2 unspecified atom stereocenters. The normalized spacial score (nSPS) is 26.0. The number of hydrogen-bond acceptors (Lipinski definition) is 7. The van der Waals surface area contributed by atoms with Crippen LogP contribution in [0.1, 0.15) is 36.6 Å². The molecular formula is C22H23BrFN3O5S. The van der Waals surface area contributed by atoms with Crippen LogP contribution in [0.2, 0.25) is 0 Å². The molecule has 176 valence electrons. The molecule has 2 aliphatic heterocycles. The topological polar surface area (TPSA) is 102 Å². The van der Waals surface area contributed by atoms with Gasteiger partial charge in [-0.1, -0.05) is 18.7 Å². The highest BCUT2D eigenvalue weighted by Gasteiger charge is 2.62. The second-order valence-electron chi connectivity index (χ2n) is 8.61. The molecule has 1 aliphatic carbocycles. The summed E-state index contributed by atoms with van der Waals surface area (Å²) in [6.45, 7) is 2.90. The third kappa shape index (κ3) is 3.19. The Morgan fingerprint density at radius 3 is 2.55 bits per heavy atom. The van der Waals surface area contributed by atoms with Gasteiger partial charge in [0.1, 0.15) is 10.9 Å². The molecule has 2 bridgehead atoms. The standard InChI is InChI=1S/C22H23BrFN3O5S/c1-3-33-20-25-17-14(12-8-32-9-13(12)15(23)16(17)24)18(26-20)22(19(28)29)10-4-5-11(22)7-27(6-10)21(30)31-2/h10-11H,3-9H2,1-2H3,(H,28,29). The molecule has 1 aromatic carbocycles. The van der Waals surface area contributed by atoms with E-state index in [1.165, 1.54) is 18.9 Å². The maximum Gasteiger partial charge on any atom is 0.409 e. The minimum Gasteiger partial charge on any atom is -0.481 e. The number of hydrogen-bond donors (Lipinski definition) is 1. The van der Waals surface area contributed by atoms with Crippen LogP contribution in [-0.4, -0.2) is 58.0 Å². The van der Waals surface area contributed by atoms with Gasteiger partial charge < -0.3 is 19.5 Å². The maximum absolute atomic E-state index is 15.6. The summed E-state index contributed by atoms with van der Waals surface area (Å²) in [5.41, 5.74) is 0.506. The number of aliphatic carboxylic acids is 1. The van der Waals surface area contributed by atoms with Gasteiger partial charge in [0.2, 0.25) is 0 Å². The number of carboxylic acids is 1. The number of aromatic nitrogens is 2. The number of ether oxygens (including phenoxy) is 2. The quantitative estimate of drug-likeness (QED) is 0.457. The van der Waals surface area contributed by atoms with Crippen LogP contribution in [0, 0.1) is 17.7 Å². The molecule has 33 heavy (non-hydrogen) atoms. The van der Waals surface area contributed by atoms with Crippen molar-refractivity contribution in [3.05, 3.63) is 27.1 Å². The minimum atomic E-state index is -1.36. The lowest BCUT2D eigenvalue weighted by Crippen LogP contribution is -2.57. The van der Waals surface area contributed by atoms with Gasteiger partial charge >= 0.3 is 12.1 Å². The van der Waals surface area contributed by atoms with Crippen molar-refractivity contribution >= 4 is 50.7 Å². The van der Waals surface area contributed by atoms with Crippen LogP contribution < -0.4 is 0 Å². The van der Waals surface area contributed by atoms with E-state index in [0.29, 0.717) is 44.9 Å². The van der Waals surface area contributed by atoms with Gasteiger partial charge in [-0.15, -0.1) is 0 Å². The highest BCUT2D eigenvalue weighted by molar-refractivity contribution is 9.10. The molecule has 1 saturated carbocycles. The zero-order valence-corrected chi connectivity index (χ0v) is 20.6. The smallest absolute Gasteiger partial charge is 0.409 e. The number of methoxy groups -OCH3 is 1. The lowest BCUT2D eigenvalue weighted by atomic mass is 9.65. The minimum absolute atomic E-state index is 0.113. The molecule has 0 radical (unpaired) electrons. The summed E-state index contributed by atoms with van der Waals surface area (Å²) in [7, 11) is 1.32. The number of carbonyl (C=O) groups is 2. The average Bonchev–Trinajstić information content (AvgIpc) is 3.36. The largest absolute Gasteiger partial charge is 0.481 e. The number of halogens is 2. The monoisotopic (exact) mass is 539 g/mol. The average molecular weight is 540 g/mol. The third-order valence-corrected chi connectivity index (χ3v) is 8.75. The first-order valence-electron chi connectivity index (χ1n) is 10.8. The van der Waals surface area contributed by atoms with E-state index in [2.05, 4.69) is 20.9 Å². The van der Waals surface area contributed by atoms with Gasteiger partial charge in [-0.25, -0.2) is 19.2 Å². The van der Waals surface area contributed by atoms with E-state index in [9.17, 15) is 14.7 Å². The molecule has 3 aliphatic rings. The summed E-state index contributed by atoms with van der Waals surface area (Å²) in [5, 5.41) is 11.5. The summed E-state index contributed by atoms with van der Waals surface area (Å²) < 4.78 is 26.4. The Balaban J connectivity index is 1.81. The first-order valence-corrected chi connectivity index (χ1v) is 12.6. The van der Waals surface area contributed by atoms with E-state index < -0.39 is 23.3 Å². The fourth-order valence-corrected chi connectivity index (χ4v) is 6.96. The van der Waals surface area contributed by atoms with Crippen LogP contribution >= 0.6 is 27.7 Å². The summed E-state index contributed by atoms with van der Waals surface area (Å²) in [4.78, 5) is 36.2. The Kier molecular flexibility index (Phi) is 5.77. The highest BCUT2D eigenvalue weighted by Crippen LogP contribution is 2.55. The number of carbonyl (C=O) groups excluding carboxylic acids is 1. The Labute approximate surface area is 202 Å². The van der Waals surface area contributed by atoms with Crippen LogP contribution in [-0.2, 0) is 32.9 Å². The van der Waals surface area contributed by atoms with E-state index in [4.69, 9.17) is 14.5 Å². The number of amides is 1. The molecule has 2 aromatic rings. The van der Waals surface area contributed by atoms with Crippen LogP contribution in [0.25, 0.3) is 10.9 Å². The molecule has 3 heterocycles. The molecule has 0 spiro atoms. The van der Waals surface area contributed by atoms with E-state index in [-0.39, 0.29) is 43.7 Å². The number of likely N-dealkylation sites (tertiary alicyclic amines) is 1. The predicted octanol–water partition coefficient (Wildman–Crippen LogP) is 4.10. The molecule has 8 nitrogen and oxygen atoms in total. The molecule has 1 N–H and O–H groups in total. The lowest BCUT2D eigenvalue weighted by Gasteiger charge is -2.44. The first-order chi connectivity index (χ1) is 15.8. The first kappa shape index (κ1) is 22.8. The van der Waals surface area contributed by atoms with E-state index in [1.807, 2.05) is 6.92 Å². The molecule has 1 aromatic heterocycles. The second kappa shape index (κ2) is 8.35. The number of fused-ring (bicyclic) bond motifs is 5. The Morgan fingerprint density at radius 1 is 1.27 bits per heavy atom. The van der Waals surface area contributed by atoms with Gasteiger partial charge in [0.25, 0.3) is 0 Å². The van der Waals surface area contributed by atoms with Gasteiger partial charge in [-0.2, -0.15) is 0 Å². The molecule has 1 amide bonds. The van der Waals surface area contributed by atoms with Gasteiger partial charge in [-0.3, -0.25) is 4.79 Å². The van der Waals surface area contributed by atoms with Crippen LogP contribution in [0.5, 0.6) is 0 Å². The molecule has 1 saturated heterocycles. The summed E-state index contributed by atoms with van der Waals surface area (Å²) in [6, 6.07) is 0. The van der Waals surface area contributed by atoms with Crippen molar-refractivity contribution in [3.63, 3.8) is 0 Å². The van der Waals surface area contributed by atoms with Crippen molar-refractivity contribution in [2.45, 2.75) is 43.6 Å². The zero-order chi connectivity index (χ0) is 23.5. The van der Waals surface area contributed by atoms with Crippen molar-refractivity contribution in [1.82, 2.24) is 14.9 Å². The molecule has 2 fully saturated rings. The number of nitrogens with zero attached hydrogens (tertiary/aromatic N) is 3. The lowest BCUT2D eigenvalue weighted by molar-refractivity contribution is -0.150. The fourth-order valence-electron chi connectivity index (χ4n) is 5.85. The van der Waals surface area contributed by atoms with Gasteiger partial charge in [0.15, 0.2) is 11.0 Å². The van der Waals surface area contributed by atoms with E-state index in [1.54, 1.807) is 4.90 Å². The second-order valence-corrected chi connectivity index (χ2v) is 10.6. The van der Waals surface area contributed by atoms with Crippen molar-refractivity contribution in [2.75, 3.05) is 26.0 Å². The fraction of sp³-hybridized carbons (Fsp3) is 0.545. The summed E-state index contributed by atoms with van der Waals surface area (Å²) in [5.74, 6) is -1.63. The van der Waals surface area contributed by atoms with Gasteiger partial charge in [-0.05, 0) is 51.9 Å². The number of carboxylic acid groups (broad SMARTS) is 1. The van der Waals surface area contributed by atoms with Crippen LogP contribution in [0.3, 0.4) is 0 Å². The Bertz CT molecular complexity index is 1160. The SMILES string of the molecule is CCSc1nc(C2(C(=O)O)C3CCC2CN(C(=O)OC)C3)c2c3c(c(Br)c(F)c2n1)COC3. The number of piperidine rings is 1. The van der Waals surface area contributed by atoms with Gasteiger partial charge in [0, 0.05) is 24.0 Å². The Morgan fingerprint density at radius 2 is 1.94 bits per heavy atom. The predicted molar refractivity (Wildman–Crippen MR) is 122 cm³/mol. The number of rotatable bonds is 4. The number of benzene rings is 1. The third-order valence-electron chi connectivity index (χ3n) is 7.20. The van der Waals surface area contributed by atoms with Crippen molar-refractivity contribution in [2.24, 2.45) is 11.8 Å². The zero-order valence-electron chi connectivity index (χ0n) is 18.2. The Hall–Kier alpha value is -1.98.